The van der Waals surface area contributed by atoms with Gasteiger partial charge in [-0.25, -0.2) is 14.4 Å². The van der Waals surface area contributed by atoms with Crippen LogP contribution in [-0.4, -0.2) is 40.3 Å². The number of aliphatic hydroxyl groups excluding tert-OH is 1. The molecule has 0 aliphatic heterocycles. The molecule has 1 aromatic heterocycles. The molecule has 0 spiro atoms. The number of nitrogens with two attached hydrogens (primary N) is 1. The van der Waals surface area contributed by atoms with Gasteiger partial charge >= 0.3 is 0 Å². The van der Waals surface area contributed by atoms with E-state index in [1.165, 1.54) is 0 Å². The van der Waals surface area contributed by atoms with Crippen LogP contribution in [0.1, 0.15) is 18.9 Å². The van der Waals surface area contributed by atoms with Gasteiger partial charge in [0, 0.05) is 17.9 Å². The Hall–Kier alpha value is -4.05. The Morgan fingerprint density at radius 1 is 1.21 bits per heavy atom. The van der Waals surface area contributed by atoms with Gasteiger partial charge in [-0.1, -0.05) is 31.5 Å². The van der Waals surface area contributed by atoms with Crippen LogP contribution in [-0.2, 0) is 11.2 Å². The largest absolute Gasteiger partial charge is 0.395 e. The van der Waals surface area contributed by atoms with Gasteiger partial charge in [-0.15, -0.1) is 0 Å². The molecule has 0 bridgehead atoms. The summed E-state index contributed by atoms with van der Waals surface area (Å²) < 4.78 is 14.4. The molecule has 2 aromatic carbocycles. The molecule has 0 aliphatic carbocycles. The van der Waals surface area contributed by atoms with Crippen molar-refractivity contribution in [1.29, 1.82) is 0 Å². The lowest BCUT2D eigenvalue weighted by Crippen LogP contribution is -2.11. The minimum atomic E-state index is -0.660. The van der Waals surface area contributed by atoms with Crippen molar-refractivity contribution in [2.45, 2.75) is 19.8 Å². The molecule has 0 atom stereocenters. The van der Waals surface area contributed by atoms with Crippen LogP contribution in [0.3, 0.4) is 0 Å². The average molecular weight is 452 g/mol. The van der Waals surface area contributed by atoms with E-state index in [2.05, 4.69) is 30.9 Å². The highest BCUT2D eigenvalue weighted by molar-refractivity contribution is 6.26. The molecule has 0 saturated carbocycles. The number of benzene rings is 2. The van der Waals surface area contributed by atoms with Crippen molar-refractivity contribution in [3.63, 3.8) is 0 Å². The fourth-order valence-corrected chi connectivity index (χ4v) is 3.12. The highest BCUT2D eigenvalue weighted by atomic mass is 19.1. The number of nitrogens with one attached hydrogen (secondary N) is 3. The number of primary amides is 1. The number of amides is 1. The van der Waals surface area contributed by atoms with Gasteiger partial charge in [0.05, 0.1) is 30.4 Å². The number of carbonyl (C=O) groups is 1. The number of para-hydroxylation sites is 1. The number of halogens is 1. The lowest BCUT2D eigenvalue weighted by molar-refractivity contribution is -0.111. The number of aryl methyl sites for hydroxylation is 1. The van der Waals surface area contributed by atoms with Crippen LogP contribution in [0.15, 0.2) is 53.7 Å². The van der Waals surface area contributed by atoms with Crippen LogP contribution in [0.2, 0.25) is 0 Å². The van der Waals surface area contributed by atoms with Gasteiger partial charge in [-0.2, -0.15) is 4.98 Å². The number of aliphatic hydroxyl groups is 1. The second-order valence-corrected chi connectivity index (χ2v) is 7.10. The van der Waals surface area contributed by atoms with Gasteiger partial charge in [0.1, 0.15) is 0 Å². The summed E-state index contributed by atoms with van der Waals surface area (Å²) in [4.78, 5) is 23.7. The third-order valence-corrected chi connectivity index (χ3v) is 4.52. The topological polar surface area (TPSA) is 138 Å². The smallest absolute Gasteiger partial charge is 0.259 e. The summed E-state index contributed by atoms with van der Waals surface area (Å²) >= 11 is 0. The fraction of sp³-hybridized carbons (Fsp3) is 0.217. The van der Waals surface area contributed by atoms with Gasteiger partial charge in [0.15, 0.2) is 11.6 Å². The van der Waals surface area contributed by atoms with Crippen molar-refractivity contribution in [2.24, 2.45) is 10.7 Å². The van der Waals surface area contributed by atoms with E-state index in [4.69, 9.17) is 10.8 Å². The van der Waals surface area contributed by atoms with Crippen molar-refractivity contribution >= 4 is 46.6 Å². The third kappa shape index (κ3) is 6.71. The van der Waals surface area contributed by atoms with Crippen molar-refractivity contribution in [3.05, 3.63) is 60.0 Å². The monoisotopic (exact) mass is 451 g/mol. The van der Waals surface area contributed by atoms with Crippen LogP contribution in [0, 0.1) is 5.82 Å². The molecular formula is C23H26FN7O2. The van der Waals surface area contributed by atoms with Crippen molar-refractivity contribution < 1.29 is 14.3 Å². The molecule has 0 saturated heterocycles. The number of aromatic nitrogens is 2. The Labute approximate surface area is 191 Å². The number of rotatable bonds is 11. The van der Waals surface area contributed by atoms with Crippen molar-refractivity contribution in [2.75, 3.05) is 29.1 Å². The van der Waals surface area contributed by atoms with E-state index in [1.807, 2.05) is 25.1 Å². The fourth-order valence-electron chi connectivity index (χ4n) is 3.12. The molecule has 3 rings (SSSR count). The first-order valence-corrected chi connectivity index (χ1v) is 10.5. The first-order chi connectivity index (χ1) is 16.0. The second kappa shape index (κ2) is 11.5. The molecule has 1 amide bonds. The maximum absolute atomic E-state index is 14.4. The van der Waals surface area contributed by atoms with Crippen LogP contribution >= 0.6 is 0 Å². The molecule has 9 nitrogen and oxygen atoms in total. The Balaban J connectivity index is 1.87. The van der Waals surface area contributed by atoms with Crippen LogP contribution in [0.4, 0.5) is 38.9 Å². The predicted octanol–water partition coefficient (Wildman–Crippen LogP) is 3.65. The van der Waals surface area contributed by atoms with E-state index >= 15 is 0 Å². The third-order valence-electron chi connectivity index (χ3n) is 4.52. The highest BCUT2D eigenvalue weighted by Crippen LogP contribution is 2.32. The maximum atomic E-state index is 14.4. The number of hydrogen-bond acceptors (Lipinski definition) is 8. The van der Waals surface area contributed by atoms with E-state index in [1.54, 1.807) is 24.3 Å². The molecule has 6 N–H and O–H groups in total. The van der Waals surface area contributed by atoms with Gasteiger partial charge in [0.25, 0.3) is 5.91 Å². The minimum absolute atomic E-state index is 0.00183. The molecule has 1 heterocycles. The molecule has 0 radical (unpaired) electrons. The number of aliphatic imine (C=N–C) groups is 1. The Morgan fingerprint density at radius 2 is 2.00 bits per heavy atom. The standard InChI is InChI=1S/C23H26FN7O2/c1-2-5-15-6-3-9-19(21(15)27-14-20(25)33)30-23-28-13-18(24)22(31-23)29-17-8-4-7-16(12-17)26-10-11-32/h3-4,6-9,12-14,26,32H,2,5,10-11H2,1H3,(H2,25,33)(H2,28,29,30,31). The summed E-state index contributed by atoms with van der Waals surface area (Å²) in [6.07, 6.45) is 3.75. The molecule has 33 heavy (non-hydrogen) atoms. The molecule has 0 fully saturated rings. The zero-order chi connectivity index (χ0) is 23.6. The quantitative estimate of drug-likeness (QED) is 0.281. The second-order valence-electron chi connectivity index (χ2n) is 7.10. The summed E-state index contributed by atoms with van der Waals surface area (Å²) in [5.74, 6) is -1.15. The normalized spacial score (nSPS) is 10.9. The lowest BCUT2D eigenvalue weighted by Gasteiger charge is -2.13. The molecule has 0 aliphatic rings. The Kier molecular flexibility index (Phi) is 8.25. The zero-order valence-electron chi connectivity index (χ0n) is 18.2. The van der Waals surface area contributed by atoms with Crippen LogP contribution < -0.4 is 21.7 Å². The maximum Gasteiger partial charge on any atom is 0.259 e. The molecule has 0 unspecified atom stereocenters. The van der Waals surface area contributed by atoms with E-state index < -0.39 is 11.7 Å². The first-order valence-electron chi connectivity index (χ1n) is 10.5. The van der Waals surface area contributed by atoms with Crippen LogP contribution in [0.25, 0.3) is 0 Å². The van der Waals surface area contributed by atoms with E-state index in [-0.39, 0.29) is 18.4 Å². The van der Waals surface area contributed by atoms with Crippen molar-refractivity contribution in [3.8, 4) is 0 Å². The SMILES string of the molecule is CCCc1cccc(Nc2ncc(F)c(Nc3cccc(NCCO)c3)n2)c1N=CC(N)=O. The molecule has 172 valence electrons. The van der Waals surface area contributed by atoms with Gasteiger partial charge in [0.2, 0.25) is 5.95 Å². The zero-order valence-corrected chi connectivity index (χ0v) is 18.2. The number of anilines is 5. The number of hydrogen-bond donors (Lipinski definition) is 5. The van der Waals surface area contributed by atoms with Gasteiger partial charge in [-0.05, 0) is 36.2 Å². The molecule has 3 aromatic rings. The summed E-state index contributed by atoms with van der Waals surface area (Å²) in [6.45, 7) is 2.44. The highest BCUT2D eigenvalue weighted by Gasteiger charge is 2.12. The Bertz CT molecular complexity index is 1140. The van der Waals surface area contributed by atoms with Gasteiger partial charge in [-0.3, -0.25) is 4.79 Å². The van der Waals surface area contributed by atoms with Crippen molar-refractivity contribution in [1.82, 2.24) is 9.97 Å². The molecular weight excluding hydrogens is 425 g/mol. The molecule has 10 heteroatoms. The number of nitrogens with zero attached hydrogens (tertiary/aromatic N) is 3. The predicted molar refractivity (Wildman–Crippen MR) is 128 cm³/mol. The summed E-state index contributed by atoms with van der Waals surface area (Å²) in [7, 11) is 0. The Morgan fingerprint density at radius 3 is 2.76 bits per heavy atom. The lowest BCUT2D eigenvalue weighted by atomic mass is 10.1. The minimum Gasteiger partial charge on any atom is -0.395 e. The number of carbonyl (C=O) groups excluding carboxylic acids is 1. The summed E-state index contributed by atoms with van der Waals surface area (Å²) in [6, 6.07) is 12.7. The van der Waals surface area contributed by atoms with Gasteiger partial charge < -0.3 is 26.8 Å². The van der Waals surface area contributed by atoms with E-state index in [9.17, 15) is 9.18 Å². The average Bonchev–Trinajstić information content (AvgIpc) is 2.80. The summed E-state index contributed by atoms with van der Waals surface area (Å²) in [5.41, 5.74) is 8.62. The van der Waals surface area contributed by atoms with E-state index in [0.717, 1.165) is 36.5 Å². The van der Waals surface area contributed by atoms with E-state index in [0.29, 0.717) is 23.6 Å². The van der Waals surface area contributed by atoms with Crippen LogP contribution in [0.5, 0.6) is 0 Å². The summed E-state index contributed by atoms with van der Waals surface area (Å²) in [5, 5.41) is 18.0. The first kappa shape index (κ1) is 23.6.